The van der Waals surface area contributed by atoms with Gasteiger partial charge in [-0.3, -0.25) is 4.90 Å². The average molecular weight is 250 g/mol. The normalized spacial score (nSPS) is 19.9. The molecular formula is C15H23FN2. The highest BCUT2D eigenvalue weighted by Gasteiger charge is 2.25. The van der Waals surface area contributed by atoms with Crippen molar-refractivity contribution in [1.29, 1.82) is 0 Å². The van der Waals surface area contributed by atoms with Crippen LogP contribution < -0.4 is 5.73 Å². The minimum atomic E-state index is -0.134. The lowest BCUT2D eigenvalue weighted by Crippen LogP contribution is -2.40. The Bertz CT molecular complexity index is 373. The van der Waals surface area contributed by atoms with Crippen molar-refractivity contribution in [2.24, 2.45) is 11.7 Å². The highest BCUT2D eigenvalue weighted by Crippen LogP contribution is 2.28. The number of halogens is 1. The van der Waals surface area contributed by atoms with E-state index in [-0.39, 0.29) is 11.9 Å². The van der Waals surface area contributed by atoms with Crippen molar-refractivity contribution in [2.45, 2.75) is 32.2 Å². The van der Waals surface area contributed by atoms with Crippen LogP contribution in [0.1, 0.15) is 37.8 Å². The van der Waals surface area contributed by atoms with E-state index in [2.05, 4.69) is 11.8 Å². The largest absolute Gasteiger partial charge is 0.329 e. The first-order chi connectivity index (χ1) is 8.76. The van der Waals surface area contributed by atoms with Gasteiger partial charge in [0.2, 0.25) is 0 Å². The Hall–Kier alpha value is -0.930. The van der Waals surface area contributed by atoms with Crippen molar-refractivity contribution in [3.63, 3.8) is 0 Å². The van der Waals surface area contributed by atoms with Crippen molar-refractivity contribution in [3.05, 3.63) is 35.6 Å². The topological polar surface area (TPSA) is 29.3 Å². The molecule has 1 atom stereocenters. The van der Waals surface area contributed by atoms with Gasteiger partial charge in [-0.05, 0) is 37.9 Å². The number of benzene rings is 1. The monoisotopic (exact) mass is 250 g/mol. The Kier molecular flexibility index (Phi) is 4.72. The van der Waals surface area contributed by atoms with Gasteiger partial charge in [0.1, 0.15) is 5.82 Å². The molecule has 0 spiro atoms. The molecule has 1 aliphatic rings. The summed E-state index contributed by atoms with van der Waals surface area (Å²) in [6, 6.07) is 7.04. The van der Waals surface area contributed by atoms with Crippen LogP contribution in [0.2, 0.25) is 0 Å². The van der Waals surface area contributed by atoms with Gasteiger partial charge in [0.25, 0.3) is 0 Å². The molecule has 0 bridgehead atoms. The van der Waals surface area contributed by atoms with E-state index in [0.717, 1.165) is 24.6 Å². The van der Waals surface area contributed by atoms with Crippen molar-refractivity contribution in [1.82, 2.24) is 4.90 Å². The fraction of sp³-hybridized carbons (Fsp3) is 0.600. The van der Waals surface area contributed by atoms with Gasteiger partial charge in [-0.15, -0.1) is 0 Å². The third kappa shape index (κ3) is 2.90. The molecule has 1 unspecified atom stereocenters. The number of hydrogen-bond acceptors (Lipinski definition) is 2. The Morgan fingerprint density at radius 1 is 1.33 bits per heavy atom. The number of nitrogens with two attached hydrogens (primary N) is 1. The molecule has 0 radical (unpaired) electrons. The zero-order valence-corrected chi connectivity index (χ0v) is 11.1. The molecule has 1 aromatic carbocycles. The van der Waals surface area contributed by atoms with Crippen LogP contribution in [0.25, 0.3) is 0 Å². The number of likely N-dealkylation sites (tertiary alicyclic amines) is 1. The molecule has 2 rings (SSSR count). The maximum atomic E-state index is 13.8. The minimum absolute atomic E-state index is 0.0315. The predicted molar refractivity (Wildman–Crippen MR) is 72.8 cm³/mol. The molecule has 2 N–H and O–H groups in total. The third-order valence-corrected chi connectivity index (χ3v) is 4.15. The highest BCUT2D eigenvalue weighted by molar-refractivity contribution is 5.21. The van der Waals surface area contributed by atoms with Gasteiger partial charge in [-0.2, -0.15) is 0 Å². The van der Waals surface area contributed by atoms with E-state index in [1.807, 2.05) is 12.1 Å². The molecule has 2 nitrogen and oxygen atoms in total. The van der Waals surface area contributed by atoms with E-state index in [1.165, 1.54) is 25.3 Å². The van der Waals surface area contributed by atoms with Crippen LogP contribution in [0.15, 0.2) is 24.3 Å². The summed E-state index contributed by atoms with van der Waals surface area (Å²) >= 11 is 0. The summed E-state index contributed by atoms with van der Waals surface area (Å²) in [7, 11) is 0. The number of nitrogens with zero attached hydrogens (tertiary/aromatic N) is 1. The van der Waals surface area contributed by atoms with Crippen molar-refractivity contribution < 1.29 is 4.39 Å². The molecule has 0 aromatic heterocycles. The smallest absolute Gasteiger partial charge is 0.128 e. The quantitative estimate of drug-likeness (QED) is 0.890. The molecule has 1 fully saturated rings. The Balaban J connectivity index is 2.08. The fourth-order valence-electron chi connectivity index (χ4n) is 2.89. The summed E-state index contributed by atoms with van der Waals surface area (Å²) in [5, 5.41) is 0. The summed E-state index contributed by atoms with van der Waals surface area (Å²) in [6.45, 7) is 4.80. The molecule has 1 heterocycles. The van der Waals surface area contributed by atoms with E-state index < -0.39 is 0 Å². The summed E-state index contributed by atoms with van der Waals surface area (Å²) < 4.78 is 13.8. The standard InChI is InChI=1S/C15H23FN2/c1-2-12-7-9-18(10-8-12)15(11-17)13-5-3-4-6-14(13)16/h3-6,12,15H,2,7-11,17H2,1H3. The van der Waals surface area contributed by atoms with E-state index >= 15 is 0 Å². The van der Waals surface area contributed by atoms with Crippen LogP contribution in [0.4, 0.5) is 4.39 Å². The summed E-state index contributed by atoms with van der Waals surface area (Å²) in [5.41, 5.74) is 6.61. The zero-order valence-electron chi connectivity index (χ0n) is 11.1. The summed E-state index contributed by atoms with van der Waals surface area (Å²) in [6.07, 6.45) is 3.67. The fourth-order valence-corrected chi connectivity index (χ4v) is 2.89. The average Bonchev–Trinajstić information content (AvgIpc) is 2.42. The van der Waals surface area contributed by atoms with E-state index in [0.29, 0.717) is 6.54 Å². The molecule has 1 saturated heterocycles. The lowest BCUT2D eigenvalue weighted by molar-refractivity contribution is 0.132. The van der Waals surface area contributed by atoms with E-state index in [9.17, 15) is 4.39 Å². The molecule has 0 saturated carbocycles. The first-order valence-corrected chi connectivity index (χ1v) is 6.94. The van der Waals surface area contributed by atoms with Crippen molar-refractivity contribution in [2.75, 3.05) is 19.6 Å². The SMILES string of the molecule is CCC1CCN(C(CN)c2ccccc2F)CC1. The van der Waals surface area contributed by atoms with Crippen LogP contribution in [-0.4, -0.2) is 24.5 Å². The van der Waals surface area contributed by atoms with Gasteiger partial charge in [0, 0.05) is 18.2 Å². The number of piperidine rings is 1. The lowest BCUT2D eigenvalue weighted by atomic mass is 9.92. The first-order valence-electron chi connectivity index (χ1n) is 6.94. The number of hydrogen-bond donors (Lipinski definition) is 1. The second-order valence-corrected chi connectivity index (χ2v) is 5.16. The number of rotatable bonds is 4. The highest BCUT2D eigenvalue weighted by atomic mass is 19.1. The summed E-state index contributed by atoms with van der Waals surface area (Å²) in [5.74, 6) is 0.700. The van der Waals surface area contributed by atoms with Gasteiger partial charge < -0.3 is 5.73 Å². The van der Waals surface area contributed by atoms with E-state index in [4.69, 9.17) is 5.73 Å². The Morgan fingerprint density at radius 3 is 2.56 bits per heavy atom. The second-order valence-electron chi connectivity index (χ2n) is 5.16. The summed E-state index contributed by atoms with van der Waals surface area (Å²) in [4.78, 5) is 2.34. The maximum absolute atomic E-state index is 13.8. The van der Waals surface area contributed by atoms with Gasteiger partial charge in [-0.25, -0.2) is 4.39 Å². The third-order valence-electron chi connectivity index (χ3n) is 4.15. The molecule has 1 aromatic rings. The maximum Gasteiger partial charge on any atom is 0.128 e. The van der Waals surface area contributed by atoms with Crippen molar-refractivity contribution >= 4 is 0 Å². The molecule has 3 heteroatoms. The zero-order chi connectivity index (χ0) is 13.0. The Labute approximate surface area is 109 Å². The van der Waals surface area contributed by atoms with Gasteiger partial charge >= 0.3 is 0 Å². The van der Waals surface area contributed by atoms with Gasteiger partial charge in [0.15, 0.2) is 0 Å². The predicted octanol–water partition coefficient (Wildman–Crippen LogP) is 2.95. The van der Waals surface area contributed by atoms with Crippen LogP contribution in [-0.2, 0) is 0 Å². The minimum Gasteiger partial charge on any atom is -0.329 e. The Morgan fingerprint density at radius 2 is 2.00 bits per heavy atom. The van der Waals surface area contributed by atoms with Crippen LogP contribution >= 0.6 is 0 Å². The van der Waals surface area contributed by atoms with Crippen LogP contribution in [0, 0.1) is 11.7 Å². The van der Waals surface area contributed by atoms with Crippen LogP contribution in [0.3, 0.4) is 0 Å². The molecule has 1 aliphatic heterocycles. The molecular weight excluding hydrogens is 227 g/mol. The van der Waals surface area contributed by atoms with Crippen LogP contribution in [0.5, 0.6) is 0 Å². The van der Waals surface area contributed by atoms with Gasteiger partial charge in [-0.1, -0.05) is 31.5 Å². The molecule has 18 heavy (non-hydrogen) atoms. The first kappa shape index (κ1) is 13.5. The molecule has 0 amide bonds. The lowest BCUT2D eigenvalue weighted by Gasteiger charge is -2.37. The van der Waals surface area contributed by atoms with Crippen molar-refractivity contribution in [3.8, 4) is 0 Å². The van der Waals surface area contributed by atoms with Gasteiger partial charge in [0.05, 0.1) is 0 Å². The molecule has 0 aliphatic carbocycles. The second kappa shape index (κ2) is 6.30. The molecule has 100 valence electrons. The van der Waals surface area contributed by atoms with E-state index in [1.54, 1.807) is 6.07 Å².